The first-order valence-electron chi connectivity index (χ1n) is 8.49. The summed E-state index contributed by atoms with van der Waals surface area (Å²) in [6, 6.07) is 5.07. The Morgan fingerprint density at radius 3 is 3.00 bits per heavy atom. The Morgan fingerprint density at radius 1 is 1.42 bits per heavy atom. The minimum absolute atomic E-state index is 0.0603. The van der Waals surface area contributed by atoms with Crippen molar-refractivity contribution in [3.63, 3.8) is 0 Å². The third-order valence-corrected chi connectivity index (χ3v) is 4.85. The molecule has 1 aromatic carbocycles. The Hall–Kier alpha value is -1.99. The predicted octanol–water partition coefficient (Wildman–Crippen LogP) is 1.98. The topological polar surface area (TPSA) is 75.9 Å². The summed E-state index contributed by atoms with van der Waals surface area (Å²) < 4.78 is 5.49. The first kappa shape index (κ1) is 16.9. The molecule has 7 nitrogen and oxygen atoms in total. The molecular formula is C17H23N3O4. The molecule has 0 bridgehead atoms. The maximum Gasteiger partial charge on any atom is 0.269 e. The van der Waals surface area contributed by atoms with Gasteiger partial charge in [0.1, 0.15) is 0 Å². The number of nitro benzene ring substituents is 1. The molecule has 0 aromatic heterocycles. The Balaban J connectivity index is 1.76. The molecule has 130 valence electrons. The van der Waals surface area contributed by atoms with Crippen molar-refractivity contribution in [1.82, 2.24) is 4.90 Å². The van der Waals surface area contributed by atoms with Gasteiger partial charge in [-0.25, -0.2) is 0 Å². The molecular weight excluding hydrogens is 310 g/mol. The van der Waals surface area contributed by atoms with Crippen LogP contribution in [-0.2, 0) is 16.0 Å². The fourth-order valence-electron chi connectivity index (χ4n) is 3.49. The van der Waals surface area contributed by atoms with E-state index in [0.29, 0.717) is 26.3 Å². The summed E-state index contributed by atoms with van der Waals surface area (Å²) in [6.45, 7) is 5.25. The number of non-ortho nitro benzene ring substituents is 1. The van der Waals surface area contributed by atoms with Gasteiger partial charge in [0.05, 0.1) is 24.7 Å². The fourth-order valence-corrected chi connectivity index (χ4v) is 3.49. The first-order chi connectivity index (χ1) is 11.6. The predicted molar refractivity (Wildman–Crippen MR) is 90.2 cm³/mol. The molecule has 7 heteroatoms. The zero-order chi connectivity index (χ0) is 17.1. The molecule has 2 aliphatic heterocycles. The standard InChI is InChI=1S/C17H23N3O4/c1-2-14-12-24-9-8-18(14)11-17(21)19-7-3-4-13-10-15(20(22)23)5-6-16(13)19/h5-6,10,14H,2-4,7-9,11-12H2,1H3/t14-/m1/s1. The van der Waals surface area contributed by atoms with E-state index in [1.165, 1.54) is 6.07 Å². The minimum atomic E-state index is -0.388. The average molecular weight is 333 g/mol. The zero-order valence-electron chi connectivity index (χ0n) is 13.9. The SMILES string of the molecule is CC[C@@H]1COCCN1CC(=O)N1CCCc2cc([N+](=O)[O-])ccc21. The van der Waals surface area contributed by atoms with Gasteiger partial charge in [0, 0.05) is 37.0 Å². The van der Waals surface area contributed by atoms with Crippen molar-refractivity contribution >= 4 is 17.3 Å². The highest BCUT2D eigenvalue weighted by atomic mass is 16.6. The summed E-state index contributed by atoms with van der Waals surface area (Å²) in [5, 5.41) is 10.9. The van der Waals surface area contributed by atoms with Gasteiger partial charge in [-0.05, 0) is 30.9 Å². The number of amides is 1. The molecule has 1 atom stereocenters. The number of hydrogen-bond acceptors (Lipinski definition) is 5. The lowest BCUT2D eigenvalue weighted by molar-refractivity contribution is -0.384. The van der Waals surface area contributed by atoms with Gasteiger partial charge >= 0.3 is 0 Å². The number of benzene rings is 1. The lowest BCUT2D eigenvalue weighted by Gasteiger charge is -2.37. The van der Waals surface area contributed by atoms with E-state index in [1.807, 2.05) is 0 Å². The van der Waals surface area contributed by atoms with Crippen molar-refractivity contribution in [1.29, 1.82) is 0 Å². The van der Waals surface area contributed by atoms with Gasteiger partial charge in [0.25, 0.3) is 5.69 Å². The molecule has 0 saturated carbocycles. The summed E-state index contributed by atoms with van der Waals surface area (Å²) in [5.41, 5.74) is 1.79. The number of anilines is 1. The second kappa shape index (κ2) is 7.27. The summed E-state index contributed by atoms with van der Waals surface area (Å²) in [6.07, 6.45) is 2.56. The van der Waals surface area contributed by atoms with Crippen LogP contribution in [0.2, 0.25) is 0 Å². The molecule has 0 spiro atoms. The average Bonchev–Trinajstić information content (AvgIpc) is 2.61. The number of aryl methyl sites for hydroxylation is 1. The number of rotatable bonds is 4. The Kier molecular flexibility index (Phi) is 5.11. The van der Waals surface area contributed by atoms with Crippen molar-refractivity contribution < 1.29 is 14.5 Å². The smallest absolute Gasteiger partial charge is 0.269 e. The van der Waals surface area contributed by atoms with E-state index in [4.69, 9.17) is 4.74 Å². The van der Waals surface area contributed by atoms with Crippen LogP contribution in [0.25, 0.3) is 0 Å². The molecule has 1 amide bonds. The van der Waals surface area contributed by atoms with Crippen LogP contribution < -0.4 is 4.90 Å². The molecule has 0 radical (unpaired) electrons. The lowest BCUT2D eigenvalue weighted by Crippen LogP contribution is -2.50. The van der Waals surface area contributed by atoms with Gasteiger partial charge in [-0.2, -0.15) is 0 Å². The highest BCUT2D eigenvalue weighted by Gasteiger charge is 2.28. The Bertz CT molecular complexity index is 634. The summed E-state index contributed by atoms with van der Waals surface area (Å²) in [4.78, 5) is 27.3. The van der Waals surface area contributed by atoms with Crippen LogP contribution in [-0.4, -0.2) is 54.6 Å². The van der Waals surface area contributed by atoms with Crippen molar-refractivity contribution in [2.75, 3.05) is 37.7 Å². The highest BCUT2D eigenvalue weighted by molar-refractivity contribution is 5.96. The molecule has 1 aromatic rings. The van der Waals surface area contributed by atoms with Crippen molar-refractivity contribution in [3.05, 3.63) is 33.9 Å². The van der Waals surface area contributed by atoms with Crippen LogP contribution in [0.3, 0.4) is 0 Å². The number of nitrogens with zero attached hydrogens (tertiary/aromatic N) is 3. The number of ether oxygens (including phenoxy) is 1. The molecule has 1 fully saturated rings. The Labute approximate surface area is 141 Å². The molecule has 0 aliphatic carbocycles. The molecule has 1 saturated heterocycles. The van der Waals surface area contributed by atoms with E-state index in [1.54, 1.807) is 17.0 Å². The van der Waals surface area contributed by atoms with Crippen LogP contribution in [0.5, 0.6) is 0 Å². The summed E-state index contributed by atoms with van der Waals surface area (Å²) in [5.74, 6) is 0.0603. The Morgan fingerprint density at radius 2 is 2.25 bits per heavy atom. The van der Waals surface area contributed by atoms with E-state index < -0.39 is 0 Å². The zero-order valence-corrected chi connectivity index (χ0v) is 13.9. The maximum atomic E-state index is 12.8. The fraction of sp³-hybridized carbons (Fsp3) is 0.588. The summed E-state index contributed by atoms with van der Waals surface area (Å²) in [7, 11) is 0. The van der Waals surface area contributed by atoms with Gasteiger partial charge < -0.3 is 9.64 Å². The van der Waals surface area contributed by atoms with E-state index in [0.717, 1.165) is 37.1 Å². The molecule has 2 heterocycles. The molecule has 0 unspecified atom stereocenters. The van der Waals surface area contributed by atoms with Crippen LogP contribution >= 0.6 is 0 Å². The van der Waals surface area contributed by atoms with E-state index in [9.17, 15) is 14.9 Å². The molecule has 3 rings (SSSR count). The van der Waals surface area contributed by atoms with E-state index >= 15 is 0 Å². The second-order valence-corrected chi connectivity index (χ2v) is 6.33. The summed E-state index contributed by atoms with van der Waals surface area (Å²) >= 11 is 0. The lowest BCUT2D eigenvalue weighted by atomic mass is 10.0. The van der Waals surface area contributed by atoms with Gasteiger partial charge in [-0.1, -0.05) is 6.92 Å². The number of fused-ring (bicyclic) bond motifs is 1. The van der Waals surface area contributed by atoms with E-state index in [-0.39, 0.29) is 22.6 Å². The van der Waals surface area contributed by atoms with Crippen LogP contribution in [0.4, 0.5) is 11.4 Å². The van der Waals surface area contributed by atoms with Crippen molar-refractivity contribution in [3.8, 4) is 0 Å². The number of hydrogen-bond donors (Lipinski definition) is 0. The quantitative estimate of drug-likeness (QED) is 0.622. The third kappa shape index (κ3) is 3.42. The van der Waals surface area contributed by atoms with Crippen molar-refractivity contribution in [2.24, 2.45) is 0 Å². The van der Waals surface area contributed by atoms with Gasteiger partial charge in [-0.3, -0.25) is 19.8 Å². The monoisotopic (exact) mass is 333 g/mol. The van der Waals surface area contributed by atoms with Gasteiger partial charge in [0.15, 0.2) is 0 Å². The normalized spacial score (nSPS) is 21.4. The van der Waals surface area contributed by atoms with Gasteiger partial charge in [-0.15, -0.1) is 0 Å². The number of morpholine rings is 1. The van der Waals surface area contributed by atoms with E-state index in [2.05, 4.69) is 11.8 Å². The minimum Gasteiger partial charge on any atom is -0.378 e. The molecule has 0 N–H and O–H groups in total. The second-order valence-electron chi connectivity index (χ2n) is 6.33. The number of carbonyl (C=O) groups excluding carboxylic acids is 1. The van der Waals surface area contributed by atoms with Crippen LogP contribution in [0.15, 0.2) is 18.2 Å². The maximum absolute atomic E-state index is 12.8. The van der Waals surface area contributed by atoms with Crippen LogP contribution in [0.1, 0.15) is 25.3 Å². The highest BCUT2D eigenvalue weighted by Crippen LogP contribution is 2.30. The number of carbonyl (C=O) groups is 1. The van der Waals surface area contributed by atoms with Crippen molar-refractivity contribution in [2.45, 2.75) is 32.2 Å². The molecule has 2 aliphatic rings. The van der Waals surface area contributed by atoms with Gasteiger partial charge in [0.2, 0.25) is 5.91 Å². The largest absolute Gasteiger partial charge is 0.378 e. The third-order valence-electron chi connectivity index (χ3n) is 4.85. The van der Waals surface area contributed by atoms with Crippen LogP contribution in [0, 0.1) is 10.1 Å². The number of nitro groups is 1. The molecule has 24 heavy (non-hydrogen) atoms. The first-order valence-corrected chi connectivity index (χ1v) is 8.49.